The van der Waals surface area contributed by atoms with Crippen LogP contribution in [-0.4, -0.2) is 43.8 Å². The van der Waals surface area contributed by atoms with E-state index in [2.05, 4.69) is 34.2 Å². The van der Waals surface area contributed by atoms with Crippen molar-refractivity contribution < 1.29 is 21.9 Å². The summed E-state index contributed by atoms with van der Waals surface area (Å²) in [6.45, 7) is 16.2. The normalized spacial score (nSPS) is 16.1. The lowest BCUT2D eigenvalue weighted by Crippen LogP contribution is -2.59. The molecular formula is C16H42O5Si4. The van der Waals surface area contributed by atoms with Crippen LogP contribution in [0.25, 0.3) is 0 Å². The molecule has 0 aliphatic rings. The summed E-state index contributed by atoms with van der Waals surface area (Å²) in [5.41, 5.74) is 0. The molecule has 1 unspecified atom stereocenters. The Labute approximate surface area is 160 Å². The minimum absolute atomic E-state index is 0.924. The van der Waals surface area contributed by atoms with Gasteiger partial charge < -0.3 is 21.9 Å². The average Bonchev–Trinajstić information content (AvgIpc) is 2.35. The first kappa shape index (κ1) is 25.7. The van der Waals surface area contributed by atoms with E-state index < -0.39 is 34.2 Å². The smallest absolute Gasteiger partial charge is 0.436 e. The molecule has 0 aliphatic carbocycles. The Kier molecular flexibility index (Phi) is 11.2. The van der Waals surface area contributed by atoms with Gasteiger partial charge in [0.05, 0.1) is 0 Å². The van der Waals surface area contributed by atoms with Gasteiger partial charge in [0.1, 0.15) is 0 Å². The maximum atomic E-state index is 9.78. The molecule has 0 saturated heterocycles. The van der Waals surface area contributed by atoms with Crippen LogP contribution in [0.2, 0.25) is 50.4 Å². The van der Waals surface area contributed by atoms with E-state index in [1.807, 2.05) is 13.1 Å². The zero-order valence-electron chi connectivity index (χ0n) is 17.8. The van der Waals surface area contributed by atoms with Crippen LogP contribution in [0.5, 0.6) is 0 Å². The summed E-state index contributed by atoms with van der Waals surface area (Å²) in [4.78, 5) is 19.6. The molecule has 0 fully saturated rings. The third kappa shape index (κ3) is 10.5. The molecular weight excluding hydrogens is 385 g/mol. The maximum absolute atomic E-state index is 9.78. The van der Waals surface area contributed by atoms with Crippen molar-refractivity contribution in [1.29, 1.82) is 0 Å². The van der Waals surface area contributed by atoms with E-state index in [1.165, 1.54) is 24.7 Å². The van der Waals surface area contributed by atoms with Crippen LogP contribution >= 0.6 is 0 Å². The van der Waals surface area contributed by atoms with Crippen LogP contribution in [0, 0.1) is 0 Å². The molecule has 0 aromatic rings. The largest absolute Gasteiger partial charge is 0.483 e. The summed E-state index contributed by atoms with van der Waals surface area (Å²) in [5.74, 6) is 0. The standard InChI is InChI=1S/C16H42O5Si4/c1-9-13-23(7,19-22(5,6)20-24(8,17)18)21-25(14-10-2,15-11-3)16-12-4/h17-18H,9-16H2,1-8H3. The number of rotatable bonds is 14. The van der Waals surface area contributed by atoms with E-state index in [9.17, 15) is 9.59 Å². The van der Waals surface area contributed by atoms with Crippen LogP contribution in [0.3, 0.4) is 0 Å². The Morgan fingerprint density at radius 1 is 0.600 bits per heavy atom. The molecule has 5 nitrogen and oxygen atoms in total. The fourth-order valence-electron chi connectivity index (χ4n) is 3.94. The second-order valence-electron chi connectivity index (χ2n) is 7.96. The van der Waals surface area contributed by atoms with E-state index in [4.69, 9.17) is 12.3 Å². The van der Waals surface area contributed by atoms with E-state index in [0.29, 0.717) is 0 Å². The topological polar surface area (TPSA) is 68.2 Å². The molecule has 1 atom stereocenters. The van der Waals surface area contributed by atoms with Crippen LogP contribution in [0.15, 0.2) is 0 Å². The third-order valence-corrected chi connectivity index (χ3v) is 20.5. The molecule has 0 spiro atoms. The quantitative estimate of drug-likeness (QED) is 0.385. The van der Waals surface area contributed by atoms with Crippen molar-refractivity contribution in [3.63, 3.8) is 0 Å². The van der Waals surface area contributed by atoms with Crippen molar-refractivity contribution in [2.24, 2.45) is 0 Å². The molecule has 0 saturated carbocycles. The molecule has 0 rings (SSSR count). The summed E-state index contributed by atoms with van der Waals surface area (Å²) in [5, 5.41) is 0. The van der Waals surface area contributed by atoms with E-state index in [-0.39, 0.29) is 0 Å². The zero-order valence-corrected chi connectivity index (χ0v) is 21.8. The van der Waals surface area contributed by atoms with Gasteiger partial charge in [-0.1, -0.05) is 53.4 Å². The molecule has 2 N–H and O–H groups in total. The summed E-state index contributed by atoms with van der Waals surface area (Å²) in [7, 11) is -10.5. The molecule has 9 heteroatoms. The first-order valence-electron chi connectivity index (χ1n) is 9.91. The highest BCUT2D eigenvalue weighted by Gasteiger charge is 2.48. The van der Waals surface area contributed by atoms with Gasteiger partial charge in [-0.05, 0) is 43.8 Å². The van der Waals surface area contributed by atoms with Crippen molar-refractivity contribution in [2.45, 2.75) is 104 Å². The molecule has 0 radical (unpaired) electrons. The van der Waals surface area contributed by atoms with Crippen LogP contribution in [-0.2, 0) is 12.3 Å². The second-order valence-corrected chi connectivity index (χ2v) is 21.7. The Balaban J connectivity index is 5.50. The van der Waals surface area contributed by atoms with Gasteiger partial charge in [0.25, 0.3) is 0 Å². The van der Waals surface area contributed by atoms with Crippen molar-refractivity contribution in [2.75, 3.05) is 0 Å². The lowest BCUT2D eigenvalue weighted by atomic mass is 10.6. The van der Waals surface area contributed by atoms with Crippen molar-refractivity contribution in [3.05, 3.63) is 0 Å². The van der Waals surface area contributed by atoms with E-state index in [0.717, 1.165) is 31.7 Å². The highest BCUT2D eigenvalue weighted by atomic mass is 28.5. The van der Waals surface area contributed by atoms with Crippen LogP contribution in [0.4, 0.5) is 0 Å². The van der Waals surface area contributed by atoms with Gasteiger partial charge in [0, 0.05) is 6.55 Å². The molecule has 0 aromatic heterocycles. The predicted octanol–water partition coefficient (Wildman–Crippen LogP) is 4.95. The molecule has 0 amide bonds. The van der Waals surface area contributed by atoms with Gasteiger partial charge in [-0.25, -0.2) is 0 Å². The van der Waals surface area contributed by atoms with E-state index in [1.54, 1.807) is 0 Å². The first-order valence-corrected chi connectivity index (χ1v) is 20.1. The number of hydrogen-bond acceptors (Lipinski definition) is 5. The summed E-state index contributed by atoms with van der Waals surface area (Å²) >= 11 is 0. The third-order valence-electron chi connectivity index (χ3n) is 4.15. The Morgan fingerprint density at radius 2 is 1.00 bits per heavy atom. The second kappa shape index (κ2) is 10.9. The van der Waals surface area contributed by atoms with Crippen molar-refractivity contribution in [3.8, 4) is 0 Å². The fraction of sp³-hybridized carbons (Fsp3) is 1.00. The Hall–Kier alpha value is 0.668. The fourth-order valence-corrected chi connectivity index (χ4v) is 23.0. The minimum atomic E-state index is -3.60. The molecule has 0 bridgehead atoms. The van der Waals surface area contributed by atoms with Crippen molar-refractivity contribution in [1.82, 2.24) is 0 Å². The van der Waals surface area contributed by atoms with Gasteiger partial charge in [-0.15, -0.1) is 0 Å². The van der Waals surface area contributed by atoms with Gasteiger partial charge >= 0.3 is 25.9 Å². The number of hydrogen-bond donors (Lipinski definition) is 2. The minimum Gasteiger partial charge on any atom is -0.436 e. The summed E-state index contributed by atoms with van der Waals surface area (Å²) in [6, 6.07) is 4.47. The lowest BCUT2D eigenvalue weighted by molar-refractivity contribution is 0.213. The molecule has 152 valence electrons. The monoisotopic (exact) mass is 426 g/mol. The zero-order chi connectivity index (χ0) is 19.8. The van der Waals surface area contributed by atoms with Gasteiger partial charge in [-0.2, -0.15) is 0 Å². The highest BCUT2D eigenvalue weighted by Crippen LogP contribution is 2.34. The first-order chi connectivity index (χ1) is 11.4. The molecule has 0 aromatic carbocycles. The van der Waals surface area contributed by atoms with E-state index >= 15 is 0 Å². The molecule has 25 heavy (non-hydrogen) atoms. The molecule has 0 aliphatic heterocycles. The van der Waals surface area contributed by atoms with Gasteiger partial charge in [0.2, 0.25) is 0 Å². The van der Waals surface area contributed by atoms with Gasteiger partial charge in [0.15, 0.2) is 8.32 Å². The summed E-state index contributed by atoms with van der Waals surface area (Å²) in [6.07, 6.45) is 4.46. The average molecular weight is 427 g/mol. The molecule has 0 heterocycles. The predicted molar refractivity (Wildman–Crippen MR) is 115 cm³/mol. The lowest BCUT2D eigenvalue weighted by Gasteiger charge is -2.43. The Morgan fingerprint density at radius 3 is 1.32 bits per heavy atom. The highest BCUT2D eigenvalue weighted by molar-refractivity contribution is 6.89. The van der Waals surface area contributed by atoms with Crippen LogP contribution in [0.1, 0.15) is 53.4 Å². The Bertz CT molecular complexity index is 359. The summed E-state index contributed by atoms with van der Waals surface area (Å²) < 4.78 is 19.1. The SMILES string of the molecule is CCC[Si](CCC)(CCC)O[Si](C)(CCC)O[Si](C)(C)O[Si](C)(O)O. The van der Waals surface area contributed by atoms with Crippen molar-refractivity contribution >= 4 is 34.2 Å². The van der Waals surface area contributed by atoms with Crippen LogP contribution < -0.4 is 0 Å². The maximum Gasteiger partial charge on any atom is 0.483 e. The van der Waals surface area contributed by atoms with Gasteiger partial charge in [-0.3, -0.25) is 0 Å².